The summed E-state index contributed by atoms with van der Waals surface area (Å²) in [5.41, 5.74) is 2.06. The highest BCUT2D eigenvalue weighted by Gasteiger charge is 2.19. The van der Waals surface area contributed by atoms with Crippen LogP contribution < -0.4 is 5.32 Å². The van der Waals surface area contributed by atoms with Gasteiger partial charge in [0.25, 0.3) is 0 Å². The SMILES string of the molecule is C=C(CNC(CC(C)C)C(=O)OC)c1ccccc1. The van der Waals surface area contributed by atoms with Crippen molar-refractivity contribution in [1.82, 2.24) is 5.32 Å². The number of hydrogen-bond acceptors (Lipinski definition) is 3. The van der Waals surface area contributed by atoms with Crippen molar-refractivity contribution in [2.75, 3.05) is 13.7 Å². The Morgan fingerprint density at radius 1 is 1.32 bits per heavy atom. The summed E-state index contributed by atoms with van der Waals surface area (Å²) in [5, 5.41) is 3.23. The van der Waals surface area contributed by atoms with Gasteiger partial charge >= 0.3 is 5.97 Å². The van der Waals surface area contributed by atoms with E-state index < -0.39 is 0 Å². The maximum Gasteiger partial charge on any atom is 0.322 e. The minimum atomic E-state index is -0.273. The average Bonchev–Trinajstić information content (AvgIpc) is 2.42. The van der Waals surface area contributed by atoms with E-state index in [1.54, 1.807) is 0 Å². The van der Waals surface area contributed by atoms with Gasteiger partial charge in [-0.25, -0.2) is 0 Å². The predicted octanol–water partition coefficient (Wildman–Crippen LogP) is 2.88. The number of rotatable bonds is 7. The third-order valence-corrected chi connectivity index (χ3v) is 2.94. The Balaban J connectivity index is 2.56. The van der Waals surface area contributed by atoms with Gasteiger partial charge in [-0.05, 0) is 23.5 Å². The summed E-state index contributed by atoms with van der Waals surface area (Å²) in [5.74, 6) is 0.219. The molecule has 1 rings (SSSR count). The molecule has 3 heteroatoms. The standard InChI is InChI=1S/C16H23NO2/c1-12(2)10-15(16(18)19-4)17-11-13(3)14-8-6-5-7-9-14/h5-9,12,15,17H,3,10-11H2,1-2,4H3. The number of carbonyl (C=O) groups is 1. The largest absolute Gasteiger partial charge is 0.468 e. The van der Waals surface area contributed by atoms with Crippen molar-refractivity contribution in [3.05, 3.63) is 42.5 Å². The van der Waals surface area contributed by atoms with E-state index in [0.717, 1.165) is 17.6 Å². The number of hydrogen-bond donors (Lipinski definition) is 1. The lowest BCUT2D eigenvalue weighted by Gasteiger charge is -2.19. The van der Waals surface area contributed by atoms with Crippen molar-refractivity contribution in [1.29, 1.82) is 0 Å². The number of ether oxygens (including phenoxy) is 1. The Morgan fingerprint density at radius 3 is 2.47 bits per heavy atom. The highest BCUT2D eigenvalue weighted by molar-refractivity contribution is 5.76. The van der Waals surface area contributed by atoms with Gasteiger partial charge in [-0.15, -0.1) is 0 Å². The fourth-order valence-corrected chi connectivity index (χ4v) is 1.90. The lowest BCUT2D eigenvalue weighted by molar-refractivity contribution is -0.143. The molecule has 0 aliphatic rings. The Bertz CT molecular complexity index is 412. The first-order valence-corrected chi connectivity index (χ1v) is 6.59. The Kier molecular flexibility index (Phi) is 6.30. The van der Waals surface area contributed by atoms with Gasteiger partial charge < -0.3 is 10.1 Å². The molecule has 0 spiro atoms. The Morgan fingerprint density at radius 2 is 1.95 bits per heavy atom. The quantitative estimate of drug-likeness (QED) is 0.767. The van der Waals surface area contributed by atoms with Crippen LogP contribution in [0.3, 0.4) is 0 Å². The fourth-order valence-electron chi connectivity index (χ4n) is 1.90. The maximum atomic E-state index is 11.7. The minimum absolute atomic E-state index is 0.213. The molecule has 0 amide bonds. The molecule has 0 aliphatic carbocycles. The summed E-state index contributed by atoms with van der Waals surface area (Å²) in [4.78, 5) is 11.7. The third kappa shape index (κ3) is 5.26. The van der Waals surface area contributed by atoms with E-state index in [2.05, 4.69) is 25.7 Å². The van der Waals surface area contributed by atoms with Crippen LogP contribution in [0.2, 0.25) is 0 Å². The number of carbonyl (C=O) groups excluding carboxylic acids is 1. The van der Waals surface area contributed by atoms with E-state index in [-0.39, 0.29) is 12.0 Å². The molecule has 0 bridgehead atoms. The van der Waals surface area contributed by atoms with Crippen molar-refractivity contribution < 1.29 is 9.53 Å². The topological polar surface area (TPSA) is 38.3 Å². The zero-order valence-corrected chi connectivity index (χ0v) is 12.0. The van der Waals surface area contributed by atoms with Gasteiger partial charge in [-0.3, -0.25) is 4.79 Å². The molecule has 0 radical (unpaired) electrons. The Hall–Kier alpha value is -1.61. The van der Waals surface area contributed by atoms with Gasteiger partial charge in [0.2, 0.25) is 0 Å². The summed E-state index contributed by atoms with van der Waals surface area (Å²) in [6, 6.07) is 9.68. The van der Waals surface area contributed by atoms with Gasteiger partial charge in [-0.1, -0.05) is 50.8 Å². The average molecular weight is 261 g/mol. The third-order valence-electron chi connectivity index (χ3n) is 2.94. The van der Waals surface area contributed by atoms with E-state index in [4.69, 9.17) is 4.74 Å². The minimum Gasteiger partial charge on any atom is -0.468 e. The van der Waals surface area contributed by atoms with Gasteiger partial charge in [0.05, 0.1) is 7.11 Å². The van der Waals surface area contributed by atoms with Crippen LogP contribution in [0.5, 0.6) is 0 Å². The number of benzene rings is 1. The van der Waals surface area contributed by atoms with E-state index in [1.807, 2.05) is 30.3 Å². The molecule has 19 heavy (non-hydrogen) atoms. The van der Waals surface area contributed by atoms with Crippen LogP contribution in [-0.4, -0.2) is 25.7 Å². The molecule has 1 unspecified atom stereocenters. The molecule has 1 atom stereocenters. The summed E-state index contributed by atoms with van der Waals surface area (Å²) in [7, 11) is 1.42. The van der Waals surface area contributed by atoms with E-state index in [9.17, 15) is 4.79 Å². The molecule has 1 aromatic rings. The van der Waals surface area contributed by atoms with E-state index in [1.165, 1.54) is 7.11 Å². The zero-order valence-electron chi connectivity index (χ0n) is 12.0. The molecule has 0 aromatic heterocycles. The molecule has 3 nitrogen and oxygen atoms in total. The van der Waals surface area contributed by atoms with Crippen LogP contribution in [0.4, 0.5) is 0 Å². The van der Waals surface area contributed by atoms with Crippen LogP contribution in [0, 0.1) is 5.92 Å². The van der Waals surface area contributed by atoms with Gasteiger partial charge in [0.1, 0.15) is 6.04 Å². The number of methoxy groups -OCH3 is 1. The monoisotopic (exact) mass is 261 g/mol. The zero-order chi connectivity index (χ0) is 14.3. The van der Waals surface area contributed by atoms with Crippen LogP contribution >= 0.6 is 0 Å². The lowest BCUT2D eigenvalue weighted by Crippen LogP contribution is -2.39. The molecular weight excluding hydrogens is 238 g/mol. The normalized spacial score (nSPS) is 12.2. The molecule has 0 fully saturated rings. The molecule has 0 saturated carbocycles. The maximum absolute atomic E-state index is 11.7. The van der Waals surface area contributed by atoms with Crippen LogP contribution in [-0.2, 0) is 9.53 Å². The second-order valence-electron chi connectivity index (χ2n) is 5.06. The molecule has 0 heterocycles. The summed E-state index contributed by atoms with van der Waals surface area (Å²) in [6.07, 6.45) is 0.759. The molecule has 0 aliphatic heterocycles. The van der Waals surface area contributed by atoms with Crippen molar-refractivity contribution in [3.8, 4) is 0 Å². The van der Waals surface area contributed by atoms with Gasteiger partial charge in [0.15, 0.2) is 0 Å². The molecule has 104 valence electrons. The smallest absolute Gasteiger partial charge is 0.322 e. The van der Waals surface area contributed by atoms with Gasteiger partial charge in [0, 0.05) is 6.54 Å². The first-order chi connectivity index (χ1) is 9.04. The van der Waals surface area contributed by atoms with Crippen molar-refractivity contribution in [2.24, 2.45) is 5.92 Å². The highest BCUT2D eigenvalue weighted by atomic mass is 16.5. The first-order valence-electron chi connectivity index (χ1n) is 6.59. The summed E-state index contributed by atoms with van der Waals surface area (Å²) in [6.45, 7) is 8.80. The second-order valence-corrected chi connectivity index (χ2v) is 5.06. The molecular formula is C16H23NO2. The lowest BCUT2D eigenvalue weighted by atomic mass is 10.0. The van der Waals surface area contributed by atoms with Gasteiger partial charge in [-0.2, -0.15) is 0 Å². The van der Waals surface area contributed by atoms with Crippen molar-refractivity contribution >= 4 is 11.5 Å². The predicted molar refractivity (Wildman–Crippen MR) is 78.7 cm³/mol. The van der Waals surface area contributed by atoms with Crippen molar-refractivity contribution in [3.63, 3.8) is 0 Å². The summed E-state index contributed by atoms with van der Waals surface area (Å²) < 4.78 is 4.82. The molecule has 1 aromatic carbocycles. The highest BCUT2D eigenvalue weighted by Crippen LogP contribution is 2.12. The molecule has 0 saturated heterocycles. The van der Waals surface area contributed by atoms with Crippen LogP contribution in [0.25, 0.3) is 5.57 Å². The fraction of sp³-hybridized carbons (Fsp3) is 0.438. The van der Waals surface area contributed by atoms with Crippen LogP contribution in [0.15, 0.2) is 36.9 Å². The number of nitrogens with one attached hydrogen (secondary N) is 1. The van der Waals surface area contributed by atoms with Crippen molar-refractivity contribution in [2.45, 2.75) is 26.3 Å². The molecule has 1 N–H and O–H groups in total. The Labute approximate surface area is 115 Å². The first kappa shape index (κ1) is 15.4. The van der Waals surface area contributed by atoms with E-state index >= 15 is 0 Å². The number of esters is 1. The summed E-state index contributed by atoms with van der Waals surface area (Å²) >= 11 is 0. The van der Waals surface area contributed by atoms with E-state index in [0.29, 0.717) is 12.5 Å². The van der Waals surface area contributed by atoms with Crippen LogP contribution in [0.1, 0.15) is 25.8 Å². The second kappa shape index (κ2) is 7.74.